The van der Waals surface area contributed by atoms with E-state index in [1.807, 2.05) is 17.9 Å². The van der Waals surface area contributed by atoms with E-state index in [4.69, 9.17) is 5.73 Å². The molecule has 0 radical (unpaired) electrons. The summed E-state index contributed by atoms with van der Waals surface area (Å²) in [7, 11) is 0. The van der Waals surface area contributed by atoms with Crippen molar-refractivity contribution in [2.24, 2.45) is 11.7 Å². The molecule has 0 aliphatic carbocycles. The minimum atomic E-state index is -0.297. The molecular weight excluding hydrogens is 352 g/mol. The van der Waals surface area contributed by atoms with E-state index in [1.54, 1.807) is 0 Å². The third kappa shape index (κ3) is 3.56. The lowest BCUT2D eigenvalue weighted by molar-refractivity contribution is -0.139. The number of nitrogens with two attached hydrogens (primary N) is 1. The number of nitrogens with zero attached hydrogens (tertiary/aromatic N) is 2. The van der Waals surface area contributed by atoms with Gasteiger partial charge in [0.2, 0.25) is 11.8 Å². The molecule has 2 unspecified atom stereocenters. The number of aromatic amines is 1. The van der Waals surface area contributed by atoms with Gasteiger partial charge >= 0.3 is 0 Å². The van der Waals surface area contributed by atoms with E-state index >= 15 is 0 Å². The number of likely N-dealkylation sites (tertiary alicyclic amines) is 1. The van der Waals surface area contributed by atoms with E-state index in [1.165, 1.54) is 16.5 Å². The van der Waals surface area contributed by atoms with Crippen LogP contribution in [0, 0.1) is 5.92 Å². The first kappa shape index (κ1) is 18.7. The van der Waals surface area contributed by atoms with Crippen LogP contribution in [0.25, 0.3) is 16.5 Å². The molecule has 6 nitrogen and oxygen atoms in total. The van der Waals surface area contributed by atoms with Crippen LogP contribution < -0.4 is 5.73 Å². The van der Waals surface area contributed by atoms with Crippen molar-refractivity contribution in [3.63, 3.8) is 0 Å². The smallest absolute Gasteiger partial charge is 0.239 e. The summed E-state index contributed by atoms with van der Waals surface area (Å²) in [6.07, 6.45) is 6.87. The number of H-pyrrole nitrogens is 1. The first-order valence-corrected chi connectivity index (χ1v) is 10.1. The molecule has 2 aromatic rings. The molecule has 4 rings (SSSR count). The third-order valence-electron chi connectivity index (χ3n) is 6.22. The van der Waals surface area contributed by atoms with Crippen molar-refractivity contribution in [1.82, 2.24) is 14.8 Å². The van der Waals surface area contributed by atoms with E-state index in [0.717, 1.165) is 44.4 Å². The molecule has 2 amide bonds. The summed E-state index contributed by atoms with van der Waals surface area (Å²) < 4.78 is 0. The Morgan fingerprint density at radius 3 is 2.82 bits per heavy atom. The van der Waals surface area contributed by atoms with Gasteiger partial charge in [-0.25, -0.2) is 0 Å². The van der Waals surface area contributed by atoms with E-state index in [0.29, 0.717) is 6.54 Å². The Morgan fingerprint density at radius 2 is 2.07 bits per heavy atom. The lowest BCUT2D eigenvalue weighted by Gasteiger charge is -2.37. The Labute approximate surface area is 165 Å². The van der Waals surface area contributed by atoms with E-state index in [2.05, 4.69) is 40.4 Å². The minimum absolute atomic E-state index is 0.106. The van der Waals surface area contributed by atoms with Gasteiger partial charge in [-0.2, -0.15) is 0 Å². The summed E-state index contributed by atoms with van der Waals surface area (Å²) in [5, 5.41) is 1.25. The molecule has 3 N–H and O–H groups in total. The summed E-state index contributed by atoms with van der Waals surface area (Å²) in [5.74, 6) is -0.399. The fourth-order valence-electron chi connectivity index (χ4n) is 4.45. The van der Waals surface area contributed by atoms with Gasteiger partial charge in [-0.1, -0.05) is 24.3 Å². The average molecular weight is 380 g/mol. The number of rotatable bonds is 4. The maximum absolute atomic E-state index is 13.0. The second-order valence-electron chi connectivity index (χ2n) is 7.92. The summed E-state index contributed by atoms with van der Waals surface area (Å²) in [5.41, 5.74) is 9.20. The van der Waals surface area contributed by atoms with Crippen molar-refractivity contribution in [1.29, 1.82) is 0 Å². The van der Waals surface area contributed by atoms with Crippen molar-refractivity contribution < 1.29 is 9.59 Å². The molecule has 1 aromatic carbocycles. The fraction of sp³-hybridized carbons (Fsp3) is 0.455. The maximum Gasteiger partial charge on any atom is 0.239 e. The number of nitrogens with one attached hydrogen (secondary N) is 1. The van der Waals surface area contributed by atoms with Crippen LogP contribution in [0.5, 0.6) is 0 Å². The number of benzene rings is 1. The van der Waals surface area contributed by atoms with Crippen molar-refractivity contribution in [2.75, 3.05) is 26.2 Å². The number of carbonyl (C=O) groups excluding carboxylic acids is 2. The lowest BCUT2D eigenvalue weighted by Crippen LogP contribution is -2.52. The Morgan fingerprint density at radius 1 is 1.25 bits per heavy atom. The van der Waals surface area contributed by atoms with Crippen LogP contribution in [-0.2, 0) is 9.59 Å². The Bertz CT molecular complexity index is 916. The maximum atomic E-state index is 13.0. The number of hydrogen-bond donors (Lipinski definition) is 2. The normalized spacial score (nSPS) is 22.1. The zero-order chi connectivity index (χ0) is 19.7. The molecule has 6 heteroatoms. The summed E-state index contributed by atoms with van der Waals surface area (Å²) in [4.78, 5) is 31.8. The molecule has 148 valence electrons. The number of primary amides is 1. The van der Waals surface area contributed by atoms with E-state index in [9.17, 15) is 9.59 Å². The topological polar surface area (TPSA) is 82.4 Å². The van der Waals surface area contributed by atoms with Crippen molar-refractivity contribution >= 4 is 28.3 Å². The number of amides is 2. The number of piperidine rings is 1. The summed E-state index contributed by atoms with van der Waals surface area (Å²) in [6, 6.07) is 8.15. The van der Waals surface area contributed by atoms with Gasteiger partial charge in [0, 0.05) is 48.8 Å². The molecule has 28 heavy (non-hydrogen) atoms. The highest BCUT2D eigenvalue weighted by Crippen LogP contribution is 2.30. The minimum Gasteiger partial charge on any atom is -0.369 e. The van der Waals surface area contributed by atoms with Crippen LogP contribution in [0.4, 0.5) is 0 Å². The van der Waals surface area contributed by atoms with Crippen molar-refractivity contribution in [3.8, 4) is 0 Å². The predicted molar refractivity (Wildman–Crippen MR) is 110 cm³/mol. The average Bonchev–Trinajstić information content (AvgIpc) is 3.17. The van der Waals surface area contributed by atoms with Crippen LogP contribution in [-0.4, -0.2) is 58.8 Å². The van der Waals surface area contributed by atoms with Gasteiger partial charge < -0.3 is 15.6 Å². The molecular formula is C22H28N4O2. The van der Waals surface area contributed by atoms with Gasteiger partial charge in [0.1, 0.15) is 0 Å². The van der Waals surface area contributed by atoms with Crippen molar-refractivity contribution in [3.05, 3.63) is 42.1 Å². The SMILES string of the molecule is CC(C(=O)N1CCCC(C(N)=O)C1)N1CC=C(c2c[nH]c3ccccc23)CC1. The lowest BCUT2D eigenvalue weighted by atomic mass is 9.96. The molecule has 3 heterocycles. The van der Waals surface area contributed by atoms with Gasteiger partial charge in [-0.15, -0.1) is 0 Å². The first-order chi connectivity index (χ1) is 13.5. The van der Waals surface area contributed by atoms with E-state index in [-0.39, 0.29) is 23.8 Å². The predicted octanol–water partition coefficient (Wildman–Crippen LogP) is 2.37. The highest BCUT2D eigenvalue weighted by molar-refractivity contribution is 5.92. The molecule has 0 spiro atoms. The summed E-state index contributed by atoms with van der Waals surface area (Å²) >= 11 is 0. The summed E-state index contributed by atoms with van der Waals surface area (Å²) in [6.45, 7) is 4.76. The zero-order valence-electron chi connectivity index (χ0n) is 16.4. The molecule has 2 atom stereocenters. The van der Waals surface area contributed by atoms with E-state index < -0.39 is 0 Å². The molecule has 1 saturated heterocycles. The fourth-order valence-corrected chi connectivity index (χ4v) is 4.45. The van der Waals surface area contributed by atoms with Gasteiger partial charge in [-0.05, 0) is 37.8 Å². The third-order valence-corrected chi connectivity index (χ3v) is 6.22. The molecule has 0 bridgehead atoms. The molecule has 1 fully saturated rings. The Balaban J connectivity index is 1.42. The second-order valence-corrected chi connectivity index (χ2v) is 7.92. The zero-order valence-corrected chi connectivity index (χ0v) is 16.4. The number of hydrogen-bond acceptors (Lipinski definition) is 3. The standard InChI is InChI=1S/C22H28N4O2/c1-15(22(28)26-10-4-5-17(14-26)21(23)27)25-11-8-16(9-12-25)19-13-24-20-7-3-2-6-18(19)20/h2-3,6-8,13,15,17,24H,4-5,9-12,14H2,1H3,(H2,23,27). The van der Waals surface area contributed by atoms with Gasteiger partial charge in [-0.3, -0.25) is 14.5 Å². The molecule has 1 aromatic heterocycles. The van der Waals surface area contributed by atoms with Crippen LogP contribution in [0.3, 0.4) is 0 Å². The molecule has 2 aliphatic rings. The van der Waals surface area contributed by atoms with Crippen LogP contribution in [0.2, 0.25) is 0 Å². The number of aromatic nitrogens is 1. The van der Waals surface area contributed by atoms with Gasteiger partial charge in [0.25, 0.3) is 0 Å². The highest BCUT2D eigenvalue weighted by atomic mass is 16.2. The number of carbonyl (C=O) groups is 2. The number of fused-ring (bicyclic) bond motifs is 1. The molecule has 0 saturated carbocycles. The van der Waals surface area contributed by atoms with Gasteiger partial charge in [0.05, 0.1) is 12.0 Å². The highest BCUT2D eigenvalue weighted by Gasteiger charge is 2.32. The van der Waals surface area contributed by atoms with Gasteiger partial charge in [0.15, 0.2) is 0 Å². The Hall–Kier alpha value is -2.60. The van der Waals surface area contributed by atoms with Crippen molar-refractivity contribution in [2.45, 2.75) is 32.2 Å². The van der Waals surface area contributed by atoms with Crippen LogP contribution >= 0.6 is 0 Å². The Kier molecular flexibility index (Phi) is 5.22. The second kappa shape index (κ2) is 7.80. The largest absolute Gasteiger partial charge is 0.369 e. The van der Waals surface area contributed by atoms with Crippen LogP contribution in [0.15, 0.2) is 36.5 Å². The monoisotopic (exact) mass is 380 g/mol. The first-order valence-electron chi connectivity index (χ1n) is 10.1. The van der Waals surface area contributed by atoms with Crippen LogP contribution in [0.1, 0.15) is 31.7 Å². The number of para-hydroxylation sites is 1. The quantitative estimate of drug-likeness (QED) is 0.854. The molecule has 2 aliphatic heterocycles.